The first-order valence-electron chi connectivity index (χ1n) is 9.27. The summed E-state index contributed by atoms with van der Waals surface area (Å²) in [5.74, 6) is 2.25. The minimum atomic E-state index is -2.64. The largest absolute Gasteiger partial charge is 0.352 e. The Hall–Kier alpha value is -0.980. The van der Waals surface area contributed by atoms with Crippen LogP contribution in [-0.2, 0) is 11.3 Å². The Kier molecular flexibility index (Phi) is 4.63. The first-order chi connectivity index (χ1) is 11.9. The summed E-state index contributed by atoms with van der Waals surface area (Å²) >= 11 is 3.26. The molecule has 3 fully saturated rings. The van der Waals surface area contributed by atoms with Crippen LogP contribution in [0.2, 0.25) is 0 Å². The third-order valence-corrected chi connectivity index (χ3v) is 7.06. The third-order valence-electron chi connectivity index (χ3n) is 6.24. The van der Waals surface area contributed by atoms with Crippen molar-refractivity contribution in [2.45, 2.75) is 70.4 Å². The molecular formula is C18H24BrF2N3O. The Bertz CT molecular complexity index is 674. The second-order valence-corrected chi connectivity index (χ2v) is 8.80. The molecule has 138 valence electrons. The van der Waals surface area contributed by atoms with Gasteiger partial charge in [0.25, 0.3) is 6.43 Å². The van der Waals surface area contributed by atoms with Crippen LogP contribution in [-0.4, -0.2) is 21.7 Å². The molecule has 3 aliphatic rings. The van der Waals surface area contributed by atoms with Crippen molar-refractivity contribution >= 4 is 21.8 Å². The first kappa shape index (κ1) is 17.4. The molecule has 1 aromatic rings. The molecule has 1 aromatic heterocycles. The maximum absolute atomic E-state index is 13.1. The van der Waals surface area contributed by atoms with Crippen molar-refractivity contribution in [2.75, 3.05) is 0 Å². The monoisotopic (exact) mass is 415 g/mol. The lowest BCUT2D eigenvalue weighted by Gasteiger charge is -2.28. The molecule has 25 heavy (non-hydrogen) atoms. The fraction of sp³-hybridized carbons (Fsp3) is 0.778. The number of alkyl halides is 2. The Morgan fingerprint density at radius 2 is 2.08 bits per heavy atom. The van der Waals surface area contributed by atoms with Gasteiger partial charge in [0.1, 0.15) is 12.2 Å². The second-order valence-electron chi connectivity index (χ2n) is 8.01. The van der Waals surface area contributed by atoms with E-state index in [4.69, 9.17) is 0 Å². The van der Waals surface area contributed by atoms with Crippen LogP contribution in [0.4, 0.5) is 8.78 Å². The van der Waals surface area contributed by atoms with E-state index in [9.17, 15) is 13.6 Å². The molecule has 4 atom stereocenters. The zero-order valence-electron chi connectivity index (χ0n) is 14.4. The van der Waals surface area contributed by atoms with E-state index in [0.29, 0.717) is 10.4 Å². The van der Waals surface area contributed by atoms with Crippen LogP contribution in [0.25, 0.3) is 0 Å². The molecule has 3 saturated carbocycles. The number of aromatic nitrogens is 2. The Balaban J connectivity index is 1.43. The zero-order valence-corrected chi connectivity index (χ0v) is 15.9. The highest BCUT2D eigenvalue weighted by molar-refractivity contribution is 9.10. The van der Waals surface area contributed by atoms with Crippen LogP contribution < -0.4 is 5.32 Å². The van der Waals surface area contributed by atoms with Crippen molar-refractivity contribution in [1.29, 1.82) is 0 Å². The van der Waals surface area contributed by atoms with Crippen LogP contribution in [0.15, 0.2) is 4.47 Å². The summed E-state index contributed by atoms with van der Waals surface area (Å²) < 4.78 is 28.1. The average Bonchev–Trinajstić information content (AvgIpc) is 3.02. The Morgan fingerprint density at radius 1 is 1.32 bits per heavy atom. The van der Waals surface area contributed by atoms with Gasteiger partial charge in [-0.2, -0.15) is 5.10 Å². The highest BCUT2D eigenvalue weighted by Crippen LogP contribution is 2.49. The molecule has 7 heteroatoms. The smallest absolute Gasteiger partial charge is 0.283 e. The topological polar surface area (TPSA) is 46.9 Å². The van der Waals surface area contributed by atoms with Crippen molar-refractivity contribution in [3.05, 3.63) is 15.9 Å². The predicted molar refractivity (Wildman–Crippen MR) is 93.4 cm³/mol. The molecule has 2 bridgehead atoms. The van der Waals surface area contributed by atoms with Crippen LogP contribution >= 0.6 is 15.9 Å². The molecular weight excluding hydrogens is 392 g/mol. The van der Waals surface area contributed by atoms with Gasteiger partial charge in [0.05, 0.1) is 10.2 Å². The van der Waals surface area contributed by atoms with Gasteiger partial charge in [-0.1, -0.05) is 6.42 Å². The van der Waals surface area contributed by atoms with E-state index < -0.39 is 6.43 Å². The average molecular weight is 416 g/mol. The molecule has 1 heterocycles. The molecule has 0 aromatic carbocycles. The summed E-state index contributed by atoms with van der Waals surface area (Å²) in [7, 11) is 0. The normalized spacial score (nSPS) is 29.4. The van der Waals surface area contributed by atoms with E-state index in [-0.39, 0.29) is 30.1 Å². The van der Waals surface area contributed by atoms with Gasteiger partial charge in [-0.15, -0.1) is 0 Å². The number of carbonyl (C=O) groups excluding carboxylic acids is 1. The van der Waals surface area contributed by atoms with Gasteiger partial charge in [-0.05, 0) is 72.7 Å². The molecule has 4 nitrogen and oxygen atoms in total. The van der Waals surface area contributed by atoms with Gasteiger partial charge in [-0.25, -0.2) is 8.78 Å². The Morgan fingerprint density at radius 3 is 2.64 bits per heavy atom. The number of rotatable bonds is 6. The number of carbonyl (C=O) groups is 1. The lowest BCUT2D eigenvalue weighted by atomic mass is 9.84. The number of hydrogen-bond donors (Lipinski definition) is 1. The highest BCUT2D eigenvalue weighted by atomic mass is 79.9. The van der Waals surface area contributed by atoms with Crippen LogP contribution in [0.1, 0.15) is 69.2 Å². The predicted octanol–water partition coefficient (Wildman–Crippen LogP) is 4.40. The molecule has 1 amide bonds. The fourth-order valence-electron chi connectivity index (χ4n) is 4.93. The summed E-state index contributed by atoms with van der Waals surface area (Å²) in [5.41, 5.74) is 0.494. The first-order valence-corrected chi connectivity index (χ1v) is 10.1. The lowest BCUT2D eigenvalue weighted by molar-refractivity contribution is -0.123. The van der Waals surface area contributed by atoms with E-state index in [1.807, 2.05) is 0 Å². The fourth-order valence-corrected chi connectivity index (χ4v) is 5.71. The number of hydrogen-bond acceptors (Lipinski definition) is 2. The van der Waals surface area contributed by atoms with Gasteiger partial charge >= 0.3 is 0 Å². The molecule has 0 aliphatic heterocycles. The molecule has 0 unspecified atom stereocenters. The molecule has 0 radical (unpaired) electrons. The number of halogens is 3. The maximum Gasteiger partial charge on any atom is 0.283 e. The molecule has 0 saturated heterocycles. The van der Waals surface area contributed by atoms with E-state index in [0.717, 1.165) is 30.4 Å². The van der Waals surface area contributed by atoms with Crippen LogP contribution in [0, 0.1) is 17.8 Å². The van der Waals surface area contributed by atoms with Crippen LogP contribution in [0.3, 0.4) is 0 Å². The van der Waals surface area contributed by atoms with Crippen molar-refractivity contribution in [1.82, 2.24) is 15.1 Å². The summed E-state index contributed by atoms with van der Waals surface area (Å²) in [6.07, 6.45) is 4.44. The van der Waals surface area contributed by atoms with Crippen molar-refractivity contribution in [3.8, 4) is 0 Å². The van der Waals surface area contributed by atoms with Crippen molar-refractivity contribution in [3.63, 3.8) is 0 Å². The number of nitrogens with one attached hydrogen (secondary N) is 1. The maximum atomic E-state index is 13.1. The number of nitrogens with zero attached hydrogens (tertiary/aromatic N) is 2. The molecule has 1 N–H and O–H groups in total. The number of amides is 1. The van der Waals surface area contributed by atoms with E-state index in [1.165, 1.54) is 30.4 Å². The highest BCUT2D eigenvalue weighted by Gasteiger charge is 2.42. The SMILES string of the molecule is C[C@@H](NC(=O)Cn1nc(C(F)F)c(Br)c1C1CC1)[C@@H]1C[C@H]2CC[C@H]1C2. The van der Waals surface area contributed by atoms with Gasteiger partial charge in [0, 0.05) is 12.0 Å². The van der Waals surface area contributed by atoms with E-state index in [1.54, 1.807) is 0 Å². The van der Waals surface area contributed by atoms with Gasteiger partial charge in [0.2, 0.25) is 5.91 Å². The second kappa shape index (κ2) is 6.63. The van der Waals surface area contributed by atoms with Crippen molar-refractivity contribution in [2.24, 2.45) is 17.8 Å². The molecule has 0 spiro atoms. The molecule has 3 aliphatic carbocycles. The summed E-state index contributed by atoms with van der Waals surface area (Å²) in [4.78, 5) is 12.5. The standard InChI is InChI=1S/C18H24BrF2N3O/c1-9(13-7-10-2-3-12(13)6-10)22-14(25)8-24-17(11-4-5-11)15(19)16(23-24)18(20)21/h9-13,18H,2-8H2,1H3,(H,22,25)/t9-,10+,12+,13+/m1/s1. The quantitative estimate of drug-likeness (QED) is 0.747. The van der Waals surface area contributed by atoms with E-state index >= 15 is 0 Å². The van der Waals surface area contributed by atoms with Gasteiger partial charge < -0.3 is 5.32 Å². The lowest BCUT2D eigenvalue weighted by Crippen LogP contribution is -2.41. The molecule has 4 rings (SSSR count). The minimum Gasteiger partial charge on any atom is -0.352 e. The Labute approximate surface area is 154 Å². The van der Waals surface area contributed by atoms with Crippen molar-refractivity contribution < 1.29 is 13.6 Å². The van der Waals surface area contributed by atoms with Crippen LogP contribution in [0.5, 0.6) is 0 Å². The summed E-state index contributed by atoms with van der Waals surface area (Å²) in [6.45, 7) is 2.09. The summed E-state index contributed by atoms with van der Waals surface area (Å²) in [5, 5.41) is 7.11. The minimum absolute atomic E-state index is 0.0162. The van der Waals surface area contributed by atoms with E-state index in [2.05, 4.69) is 33.3 Å². The zero-order chi connectivity index (χ0) is 17.7. The van der Waals surface area contributed by atoms with Gasteiger partial charge in [-0.3, -0.25) is 9.48 Å². The summed E-state index contributed by atoms with van der Waals surface area (Å²) in [6, 6.07) is 0.140. The third kappa shape index (κ3) is 3.36. The number of fused-ring (bicyclic) bond motifs is 2. The van der Waals surface area contributed by atoms with Gasteiger partial charge in [0.15, 0.2) is 0 Å².